The van der Waals surface area contributed by atoms with Crippen LogP contribution in [0, 0.1) is 5.92 Å². The van der Waals surface area contributed by atoms with Crippen molar-refractivity contribution in [3.8, 4) is 5.75 Å². The van der Waals surface area contributed by atoms with Gasteiger partial charge < -0.3 is 19.3 Å². The molecule has 0 saturated heterocycles. The SMILES string of the molecule is COc1c2n3c(cc1=O)C(O)C(C)C3(C)CN(C)C2=O. The molecule has 0 aliphatic carbocycles. The van der Waals surface area contributed by atoms with Gasteiger partial charge in [0.15, 0.2) is 11.4 Å². The van der Waals surface area contributed by atoms with Crippen molar-refractivity contribution >= 4 is 5.91 Å². The van der Waals surface area contributed by atoms with Gasteiger partial charge in [0.2, 0.25) is 5.43 Å². The quantitative estimate of drug-likeness (QED) is 0.804. The van der Waals surface area contributed by atoms with E-state index in [1.165, 1.54) is 13.2 Å². The van der Waals surface area contributed by atoms with Crippen molar-refractivity contribution in [3.63, 3.8) is 0 Å². The van der Waals surface area contributed by atoms with E-state index in [0.29, 0.717) is 12.2 Å². The Balaban J connectivity index is 2.45. The lowest BCUT2D eigenvalue weighted by Crippen LogP contribution is -2.52. The van der Waals surface area contributed by atoms with Crippen LogP contribution in [0.2, 0.25) is 0 Å². The van der Waals surface area contributed by atoms with E-state index in [1.807, 2.05) is 13.8 Å². The van der Waals surface area contributed by atoms with Crippen LogP contribution >= 0.6 is 0 Å². The number of carbonyl (C=O) groups excluding carboxylic acids is 1. The first-order valence-electron chi connectivity index (χ1n) is 6.61. The second-order valence-corrected chi connectivity index (χ2v) is 5.90. The molecule has 0 fully saturated rings. The predicted molar refractivity (Wildman–Crippen MR) is 72.0 cm³/mol. The maximum atomic E-state index is 12.4. The highest BCUT2D eigenvalue weighted by atomic mass is 16.5. The third-order valence-electron chi connectivity index (χ3n) is 4.78. The van der Waals surface area contributed by atoms with E-state index >= 15 is 0 Å². The summed E-state index contributed by atoms with van der Waals surface area (Å²) < 4.78 is 6.94. The number of amides is 1. The standard InChI is InChI=1S/C14H18N2O4/c1-7-11(18)8-5-9(17)12(20-4)10-13(19)15(3)6-14(7,2)16(8)10/h5,7,11,18H,6H2,1-4H3. The highest BCUT2D eigenvalue weighted by Gasteiger charge is 2.52. The van der Waals surface area contributed by atoms with Crippen LogP contribution in [0.4, 0.5) is 0 Å². The Morgan fingerprint density at radius 3 is 2.70 bits per heavy atom. The van der Waals surface area contributed by atoms with Gasteiger partial charge in [-0.1, -0.05) is 6.92 Å². The summed E-state index contributed by atoms with van der Waals surface area (Å²) in [5.41, 5.74) is -0.0573. The number of pyridine rings is 1. The molecule has 0 spiro atoms. The molecule has 1 amide bonds. The molecule has 0 aromatic carbocycles. The van der Waals surface area contributed by atoms with Gasteiger partial charge in [-0.3, -0.25) is 9.59 Å². The summed E-state index contributed by atoms with van der Waals surface area (Å²) >= 11 is 0. The minimum Gasteiger partial charge on any atom is -0.491 e. The number of carbonyl (C=O) groups is 1. The molecule has 2 aliphatic rings. The monoisotopic (exact) mass is 278 g/mol. The van der Waals surface area contributed by atoms with Crippen LogP contribution in [-0.2, 0) is 5.54 Å². The minimum absolute atomic E-state index is 0.0535. The summed E-state index contributed by atoms with van der Waals surface area (Å²) in [5, 5.41) is 10.4. The van der Waals surface area contributed by atoms with Crippen LogP contribution < -0.4 is 10.2 Å². The molecule has 0 radical (unpaired) electrons. The molecule has 3 atom stereocenters. The maximum absolute atomic E-state index is 12.4. The fraction of sp³-hybridized carbons (Fsp3) is 0.571. The van der Waals surface area contributed by atoms with Crippen LogP contribution in [0.15, 0.2) is 10.9 Å². The average Bonchev–Trinajstić information content (AvgIpc) is 2.58. The fourth-order valence-corrected chi connectivity index (χ4v) is 3.52. The molecule has 6 heteroatoms. The first-order valence-corrected chi connectivity index (χ1v) is 6.61. The Bertz CT molecular complexity index is 666. The number of ether oxygens (including phenoxy) is 1. The number of aliphatic hydroxyl groups is 1. The largest absolute Gasteiger partial charge is 0.491 e. The summed E-state index contributed by atoms with van der Waals surface area (Å²) in [7, 11) is 3.08. The number of hydrogen-bond donors (Lipinski definition) is 1. The van der Waals surface area contributed by atoms with E-state index < -0.39 is 11.6 Å². The van der Waals surface area contributed by atoms with Gasteiger partial charge >= 0.3 is 0 Å². The molecule has 0 saturated carbocycles. The van der Waals surface area contributed by atoms with E-state index in [4.69, 9.17) is 4.74 Å². The molecule has 108 valence electrons. The van der Waals surface area contributed by atoms with Gasteiger partial charge in [0.1, 0.15) is 0 Å². The summed E-state index contributed by atoms with van der Waals surface area (Å²) in [4.78, 5) is 26.1. The molecule has 1 aromatic heterocycles. The van der Waals surface area contributed by atoms with E-state index in [0.717, 1.165) is 0 Å². The van der Waals surface area contributed by atoms with Crippen LogP contribution in [-0.4, -0.2) is 41.2 Å². The minimum atomic E-state index is -0.753. The highest BCUT2D eigenvalue weighted by molar-refractivity contribution is 5.96. The third-order valence-corrected chi connectivity index (χ3v) is 4.78. The number of rotatable bonds is 1. The second-order valence-electron chi connectivity index (χ2n) is 5.90. The van der Waals surface area contributed by atoms with Gasteiger partial charge in [0, 0.05) is 25.6 Å². The van der Waals surface area contributed by atoms with Crippen molar-refractivity contribution < 1.29 is 14.6 Å². The van der Waals surface area contributed by atoms with E-state index in [2.05, 4.69) is 0 Å². The number of nitrogens with zero attached hydrogens (tertiary/aromatic N) is 2. The molecule has 1 aromatic rings. The Kier molecular flexibility index (Phi) is 2.54. The van der Waals surface area contributed by atoms with Crippen LogP contribution in [0.25, 0.3) is 0 Å². The van der Waals surface area contributed by atoms with Gasteiger partial charge in [0.05, 0.1) is 24.4 Å². The van der Waals surface area contributed by atoms with Crippen molar-refractivity contribution in [1.29, 1.82) is 0 Å². The lowest BCUT2D eigenvalue weighted by molar-refractivity contribution is 0.0422. The molecule has 0 bridgehead atoms. The number of aliphatic hydroxyl groups excluding tert-OH is 1. The molecule has 3 unspecified atom stereocenters. The van der Waals surface area contributed by atoms with Gasteiger partial charge in [0.25, 0.3) is 5.91 Å². The van der Waals surface area contributed by atoms with E-state index in [9.17, 15) is 14.7 Å². The average molecular weight is 278 g/mol. The Morgan fingerprint density at radius 1 is 1.45 bits per heavy atom. The Morgan fingerprint density at radius 2 is 2.10 bits per heavy atom. The number of hydrogen-bond acceptors (Lipinski definition) is 4. The molecular formula is C14H18N2O4. The smallest absolute Gasteiger partial charge is 0.274 e. The summed E-state index contributed by atoms with van der Waals surface area (Å²) in [6.45, 7) is 4.42. The Hall–Kier alpha value is -1.82. The molecule has 20 heavy (non-hydrogen) atoms. The first-order chi connectivity index (χ1) is 9.32. The topological polar surface area (TPSA) is 71.8 Å². The Labute approximate surface area is 116 Å². The summed E-state index contributed by atoms with van der Waals surface area (Å²) in [6, 6.07) is 1.38. The molecule has 3 heterocycles. The molecule has 1 N–H and O–H groups in total. The zero-order valence-electron chi connectivity index (χ0n) is 12.0. The zero-order chi connectivity index (χ0) is 14.8. The lowest BCUT2D eigenvalue weighted by atomic mass is 9.84. The van der Waals surface area contributed by atoms with Crippen molar-refractivity contribution in [2.24, 2.45) is 5.92 Å². The van der Waals surface area contributed by atoms with Gasteiger partial charge in [-0.2, -0.15) is 0 Å². The van der Waals surface area contributed by atoms with E-state index in [1.54, 1.807) is 16.5 Å². The predicted octanol–water partition coefficient (Wildman–Crippen LogP) is 0.341. The van der Waals surface area contributed by atoms with Crippen molar-refractivity contribution in [2.75, 3.05) is 20.7 Å². The maximum Gasteiger partial charge on any atom is 0.274 e. The second kappa shape index (κ2) is 3.85. The van der Waals surface area contributed by atoms with Crippen molar-refractivity contribution in [3.05, 3.63) is 27.7 Å². The van der Waals surface area contributed by atoms with Gasteiger partial charge in [-0.05, 0) is 6.92 Å². The summed E-state index contributed by atoms with van der Waals surface area (Å²) in [5.74, 6) is -0.291. The summed E-state index contributed by atoms with van der Waals surface area (Å²) in [6.07, 6.45) is -0.753. The molecule has 3 rings (SSSR count). The lowest BCUT2D eigenvalue weighted by Gasteiger charge is -2.42. The highest BCUT2D eigenvalue weighted by Crippen LogP contribution is 2.48. The number of likely N-dealkylation sites (N-methyl/N-ethyl adjacent to an activating group) is 1. The van der Waals surface area contributed by atoms with Crippen LogP contribution in [0.1, 0.15) is 36.1 Å². The number of methoxy groups -OCH3 is 1. The third kappa shape index (κ3) is 1.32. The molecule has 2 aliphatic heterocycles. The normalized spacial score (nSPS) is 31.4. The molecule has 6 nitrogen and oxygen atoms in total. The van der Waals surface area contributed by atoms with Gasteiger partial charge in [-0.25, -0.2) is 0 Å². The van der Waals surface area contributed by atoms with Crippen LogP contribution in [0.3, 0.4) is 0 Å². The fourth-order valence-electron chi connectivity index (χ4n) is 3.52. The van der Waals surface area contributed by atoms with Crippen LogP contribution in [0.5, 0.6) is 5.75 Å². The van der Waals surface area contributed by atoms with Crippen molar-refractivity contribution in [2.45, 2.75) is 25.5 Å². The molecular weight excluding hydrogens is 260 g/mol. The first kappa shape index (κ1) is 13.2. The van der Waals surface area contributed by atoms with Gasteiger partial charge in [-0.15, -0.1) is 0 Å². The van der Waals surface area contributed by atoms with E-state index in [-0.39, 0.29) is 28.7 Å². The zero-order valence-corrected chi connectivity index (χ0v) is 12.0. The van der Waals surface area contributed by atoms with Crippen molar-refractivity contribution in [1.82, 2.24) is 9.47 Å². The number of aromatic nitrogens is 1.